The Labute approximate surface area is 108 Å². The Hall–Kier alpha value is -2.69. The predicted molar refractivity (Wildman–Crippen MR) is 68.9 cm³/mol. The number of aryl methyl sites for hydroxylation is 1. The summed E-state index contributed by atoms with van der Waals surface area (Å²) >= 11 is 0. The van der Waals surface area contributed by atoms with Crippen LogP contribution >= 0.6 is 0 Å². The van der Waals surface area contributed by atoms with Gasteiger partial charge in [-0.15, -0.1) is 0 Å². The van der Waals surface area contributed by atoms with Crippen molar-refractivity contribution in [2.24, 2.45) is 0 Å². The molecule has 0 aliphatic carbocycles. The molecule has 0 bridgehead atoms. The summed E-state index contributed by atoms with van der Waals surface area (Å²) < 4.78 is 5.64. The van der Waals surface area contributed by atoms with E-state index in [-0.39, 0.29) is 5.56 Å². The summed E-state index contributed by atoms with van der Waals surface area (Å²) in [5.41, 5.74) is 1.26. The Morgan fingerprint density at radius 2 is 2.11 bits per heavy atom. The van der Waals surface area contributed by atoms with Crippen molar-refractivity contribution in [2.45, 2.75) is 6.92 Å². The smallest absolute Gasteiger partial charge is 0.339 e. The third-order valence-electron chi connectivity index (χ3n) is 2.86. The zero-order valence-electron chi connectivity index (χ0n) is 10.1. The molecule has 2 aromatic heterocycles. The number of carbonyl (C=O) groups is 1. The SMILES string of the molecule is Cc1nc(-c2cc3ccccc3o2)ncc1C(=O)O. The van der Waals surface area contributed by atoms with Crippen molar-refractivity contribution in [2.75, 3.05) is 0 Å². The van der Waals surface area contributed by atoms with Crippen molar-refractivity contribution in [3.05, 3.63) is 47.8 Å². The van der Waals surface area contributed by atoms with E-state index in [2.05, 4.69) is 9.97 Å². The van der Waals surface area contributed by atoms with Gasteiger partial charge in [0.1, 0.15) is 5.58 Å². The summed E-state index contributed by atoms with van der Waals surface area (Å²) in [6.45, 7) is 1.64. The first-order valence-corrected chi connectivity index (χ1v) is 5.71. The number of benzene rings is 1. The van der Waals surface area contributed by atoms with Crippen molar-refractivity contribution >= 4 is 16.9 Å². The molecule has 0 fully saturated rings. The molecule has 0 aliphatic heterocycles. The number of fused-ring (bicyclic) bond motifs is 1. The van der Waals surface area contributed by atoms with Crippen LogP contribution in [0.4, 0.5) is 0 Å². The second kappa shape index (κ2) is 4.20. The molecular weight excluding hydrogens is 244 g/mol. The molecular formula is C14H10N2O3. The zero-order valence-corrected chi connectivity index (χ0v) is 10.1. The van der Waals surface area contributed by atoms with Gasteiger partial charge in [0.15, 0.2) is 11.6 Å². The number of para-hydroxylation sites is 1. The molecule has 0 unspecified atom stereocenters. The van der Waals surface area contributed by atoms with Crippen LogP contribution < -0.4 is 0 Å². The molecule has 94 valence electrons. The fourth-order valence-electron chi connectivity index (χ4n) is 1.89. The molecule has 5 nitrogen and oxygen atoms in total. The van der Waals surface area contributed by atoms with E-state index in [1.807, 2.05) is 30.3 Å². The quantitative estimate of drug-likeness (QED) is 0.760. The molecule has 0 saturated heterocycles. The maximum Gasteiger partial charge on any atom is 0.339 e. The van der Waals surface area contributed by atoms with Crippen LogP contribution in [-0.2, 0) is 0 Å². The minimum absolute atomic E-state index is 0.0971. The van der Waals surface area contributed by atoms with Gasteiger partial charge < -0.3 is 9.52 Å². The number of nitrogens with zero attached hydrogens (tertiary/aromatic N) is 2. The van der Waals surface area contributed by atoms with E-state index in [0.717, 1.165) is 11.0 Å². The summed E-state index contributed by atoms with van der Waals surface area (Å²) in [6, 6.07) is 9.43. The van der Waals surface area contributed by atoms with Crippen LogP contribution in [0.3, 0.4) is 0 Å². The Morgan fingerprint density at radius 3 is 2.79 bits per heavy atom. The standard InChI is InChI=1S/C14H10N2O3/c1-8-10(14(17)18)7-15-13(16-8)12-6-9-4-2-3-5-11(9)19-12/h2-7H,1H3,(H,17,18). The lowest BCUT2D eigenvalue weighted by atomic mass is 10.2. The molecule has 0 aliphatic rings. The highest BCUT2D eigenvalue weighted by molar-refractivity contribution is 5.88. The molecule has 3 rings (SSSR count). The number of hydrogen-bond acceptors (Lipinski definition) is 4. The van der Waals surface area contributed by atoms with Gasteiger partial charge in [0, 0.05) is 11.6 Å². The fourth-order valence-corrected chi connectivity index (χ4v) is 1.89. The number of carboxylic acid groups (broad SMARTS) is 1. The average Bonchev–Trinajstić information content (AvgIpc) is 2.81. The molecule has 1 N–H and O–H groups in total. The summed E-state index contributed by atoms with van der Waals surface area (Å²) in [5.74, 6) is -0.117. The first kappa shape index (κ1) is 11.4. The van der Waals surface area contributed by atoms with E-state index >= 15 is 0 Å². The van der Waals surface area contributed by atoms with E-state index in [1.54, 1.807) is 6.92 Å². The number of hydrogen-bond donors (Lipinski definition) is 1. The molecule has 1 aromatic carbocycles. The van der Waals surface area contributed by atoms with Crippen LogP contribution in [0.2, 0.25) is 0 Å². The molecule has 3 aromatic rings. The van der Waals surface area contributed by atoms with Gasteiger partial charge in [-0.3, -0.25) is 0 Å². The monoisotopic (exact) mass is 254 g/mol. The number of carboxylic acids is 1. The molecule has 0 saturated carbocycles. The summed E-state index contributed by atoms with van der Waals surface area (Å²) in [7, 11) is 0. The maximum atomic E-state index is 10.9. The van der Waals surface area contributed by atoms with Gasteiger partial charge in [-0.1, -0.05) is 18.2 Å². The highest BCUT2D eigenvalue weighted by Gasteiger charge is 2.13. The molecule has 5 heteroatoms. The van der Waals surface area contributed by atoms with Crippen molar-refractivity contribution in [3.8, 4) is 11.6 Å². The number of aromatic nitrogens is 2. The lowest BCUT2D eigenvalue weighted by Gasteiger charge is -2.00. The van der Waals surface area contributed by atoms with E-state index in [4.69, 9.17) is 9.52 Å². The number of aromatic carboxylic acids is 1. The summed E-state index contributed by atoms with van der Waals surface area (Å²) in [5, 5.41) is 9.90. The van der Waals surface area contributed by atoms with Crippen LogP contribution in [-0.4, -0.2) is 21.0 Å². The van der Waals surface area contributed by atoms with E-state index in [9.17, 15) is 4.79 Å². The van der Waals surface area contributed by atoms with Crippen molar-refractivity contribution in [3.63, 3.8) is 0 Å². The zero-order chi connectivity index (χ0) is 13.4. The lowest BCUT2D eigenvalue weighted by molar-refractivity contribution is 0.0695. The molecule has 0 amide bonds. The normalized spacial score (nSPS) is 10.8. The number of furan rings is 1. The molecule has 0 spiro atoms. The van der Waals surface area contributed by atoms with E-state index < -0.39 is 5.97 Å². The molecule has 0 radical (unpaired) electrons. The van der Waals surface area contributed by atoms with Gasteiger partial charge in [-0.2, -0.15) is 0 Å². The fraction of sp³-hybridized carbons (Fsp3) is 0.0714. The van der Waals surface area contributed by atoms with Gasteiger partial charge in [0.25, 0.3) is 0 Å². The Balaban J connectivity index is 2.11. The van der Waals surface area contributed by atoms with Crippen molar-refractivity contribution in [1.82, 2.24) is 9.97 Å². The largest absolute Gasteiger partial charge is 0.478 e. The van der Waals surface area contributed by atoms with Crippen molar-refractivity contribution < 1.29 is 14.3 Å². The first-order valence-electron chi connectivity index (χ1n) is 5.71. The Bertz CT molecular complexity index is 744. The third kappa shape index (κ3) is 1.95. The maximum absolute atomic E-state index is 10.9. The van der Waals surface area contributed by atoms with Gasteiger partial charge in [0.05, 0.1) is 11.3 Å². The molecule has 2 heterocycles. The van der Waals surface area contributed by atoms with Crippen LogP contribution in [0.5, 0.6) is 0 Å². The van der Waals surface area contributed by atoms with Crippen LogP contribution in [0.15, 0.2) is 40.9 Å². The van der Waals surface area contributed by atoms with Gasteiger partial charge in [-0.05, 0) is 19.1 Å². The van der Waals surface area contributed by atoms with Crippen LogP contribution in [0.25, 0.3) is 22.6 Å². The van der Waals surface area contributed by atoms with Crippen LogP contribution in [0.1, 0.15) is 16.1 Å². The van der Waals surface area contributed by atoms with Gasteiger partial charge >= 0.3 is 5.97 Å². The highest BCUT2D eigenvalue weighted by Crippen LogP contribution is 2.25. The summed E-state index contributed by atoms with van der Waals surface area (Å²) in [6.07, 6.45) is 1.30. The minimum atomic E-state index is -1.03. The average molecular weight is 254 g/mol. The van der Waals surface area contributed by atoms with Crippen LogP contribution in [0, 0.1) is 6.92 Å². The molecule has 19 heavy (non-hydrogen) atoms. The second-order valence-corrected chi connectivity index (χ2v) is 4.15. The molecule has 0 atom stereocenters. The Morgan fingerprint density at radius 1 is 1.32 bits per heavy atom. The van der Waals surface area contributed by atoms with E-state index in [1.165, 1.54) is 6.20 Å². The minimum Gasteiger partial charge on any atom is -0.478 e. The topological polar surface area (TPSA) is 76.2 Å². The first-order chi connectivity index (χ1) is 9.15. The van der Waals surface area contributed by atoms with Crippen molar-refractivity contribution in [1.29, 1.82) is 0 Å². The highest BCUT2D eigenvalue weighted by atomic mass is 16.4. The predicted octanol–water partition coefficient (Wildman–Crippen LogP) is 2.90. The van der Waals surface area contributed by atoms with Gasteiger partial charge in [0.2, 0.25) is 0 Å². The lowest BCUT2D eigenvalue weighted by Crippen LogP contribution is -2.03. The van der Waals surface area contributed by atoms with E-state index in [0.29, 0.717) is 17.3 Å². The third-order valence-corrected chi connectivity index (χ3v) is 2.86. The Kier molecular flexibility index (Phi) is 2.52. The second-order valence-electron chi connectivity index (χ2n) is 4.15. The van der Waals surface area contributed by atoms with Gasteiger partial charge in [-0.25, -0.2) is 14.8 Å². The number of rotatable bonds is 2. The summed E-state index contributed by atoms with van der Waals surface area (Å²) in [4.78, 5) is 19.1.